The molecule has 2 aromatic rings. The number of hydrogen-bond acceptors (Lipinski definition) is 3. The van der Waals surface area contributed by atoms with Crippen LogP contribution in [-0.2, 0) is 10.8 Å². The molecule has 1 aromatic heterocycles. The Bertz CT molecular complexity index is 872. The van der Waals surface area contributed by atoms with Crippen molar-refractivity contribution in [3.63, 3.8) is 0 Å². The Balaban J connectivity index is 1.97. The second kappa shape index (κ2) is 5.77. The second-order valence-electron chi connectivity index (χ2n) is 7.68. The third kappa shape index (κ3) is 3.03. The SMILES string of the molecule is CC1(C)CCC(C)(C)c2cc(C#Cc3cnc(C#N)cn3)ccc21. The number of hydrogen-bond donors (Lipinski definition) is 0. The van der Waals surface area contributed by atoms with Crippen molar-refractivity contribution in [3.8, 4) is 17.9 Å². The number of rotatable bonds is 0. The van der Waals surface area contributed by atoms with E-state index < -0.39 is 0 Å². The highest BCUT2D eigenvalue weighted by molar-refractivity contribution is 5.49. The molecule has 0 saturated carbocycles. The molecular formula is C21H21N3. The summed E-state index contributed by atoms with van der Waals surface area (Å²) in [6.07, 6.45) is 5.38. The van der Waals surface area contributed by atoms with E-state index in [1.807, 2.05) is 6.07 Å². The predicted octanol–water partition coefficient (Wildman–Crippen LogP) is 4.10. The number of benzene rings is 1. The van der Waals surface area contributed by atoms with Gasteiger partial charge in [0.2, 0.25) is 0 Å². The molecule has 0 spiro atoms. The summed E-state index contributed by atoms with van der Waals surface area (Å²) >= 11 is 0. The smallest absolute Gasteiger partial charge is 0.158 e. The van der Waals surface area contributed by atoms with E-state index in [0.29, 0.717) is 11.4 Å². The highest BCUT2D eigenvalue weighted by Crippen LogP contribution is 2.45. The van der Waals surface area contributed by atoms with E-state index >= 15 is 0 Å². The van der Waals surface area contributed by atoms with Crippen LogP contribution in [0, 0.1) is 23.2 Å². The lowest BCUT2D eigenvalue weighted by atomic mass is 9.63. The molecule has 0 N–H and O–H groups in total. The maximum absolute atomic E-state index is 8.75. The Morgan fingerprint density at radius 3 is 2.12 bits per heavy atom. The van der Waals surface area contributed by atoms with Gasteiger partial charge in [-0.2, -0.15) is 5.26 Å². The topological polar surface area (TPSA) is 49.6 Å². The molecule has 24 heavy (non-hydrogen) atoms. The molecule has 1 aliphatic rings. The first-order valence-electron chi connectivity index (χ1n) is 8.21. The first-order chi connectivity index (χ1) is 11.3. The molecule has 0 fully saturated rings. The Labute approximate surface area is 143 Å². The van der Waals surface area contributed by atoms with Crippen molar-refractivity contribution in [2.75, 3.05) is 0 Å². The Morgan fingerprint density at radius 2 is 1.50 bits per heavy atom. The quantitative estimate of drug-likeness (QED) is 0.688. The van der Waals surface area contributed by atoms with Crippen LogP contribution in [0.15, 0.2) is 30.6 Å². The summed E-state index contributed by atoms with van der Waals surface area (Å²) in [5, 5.41) is 8.75. The van der Waals surface area contributed by atoms with Gasteiger partial charge < -0.3 is 0 Å². The maximum atomic E-state index is 8.75. The molecule has 0 saturated heterocycles. The standard InChI is InChI=1S/C21H21N3/c1-20(2)9-10-21(3,4)19-11-15(6-8-18(19)20)5-7-16-13-24-17(12-22)14-23-16/h6,8,11,13-14H,9-10H2,1-4H3. The van der Waals surface area contributed by atoms with Gasteiger partial charge in [-0.05, 0) is 52.9 Å². The number of aromatic nitrogens is 2. The van der Waals surface area contributed by atoms with E-state index in [4.69, 9.17) is 5.26 Å². The second-order valence-corrected chi connectivity index (χ2v) is 7.68. The molecule has 3 nitrogen and oxygen atoms in total. The Hall–Kier alpha value is -2.65. The summed E-state index contributed by atoms with van der Waals surface area (Å²) in [6, 6.07) is 8.50. The van der Waals surface area contributed by atoms with Crippen LogP contribution in [0.25, 0.3) is 0 Å². The molecule has 3 heteroatoms. The molecule has 0 amide bonds. The molecule has 0 bridgehead atoms. The molecule has 0 atom stereocenters. The third-order valence-electron chi connectivity index (χ3n) is 4.95. The summed E-state index contributed by atoms with van der Waals surface area (Å²) in [5.41, 5.74) is 5.10. The molecule has 1 heterocycles. The van der Waals surface area contributed by atoms with Crippen LogP contribution in [0.1, 0.15) is 68.6 Å². The minimum atomic E-state index is 0.177. The summed E-state index contributed by atoms with van der Waals surface area (Å²) < 4.78 is 0. The largest absolute Gasteiger partial charge is 0.243 e. The zero-order valence-electron chi connectivity index (χ0n) is 14.6. The van der Waals surface area contributed by atoms with Crippen LogP contribution in [-0.4, -0.2) is 9.97 Å². The first-order valence-corrected chi connectivity index (χ1v) is 8.21. The van der Waals surface area contributed by atoms with Crippen molar-refractivity contribution in [2.24, 2.45) is 0 Å². The van der Waals surface area contributed by atoms with E-state index in [1.54, 1.807) is 0 Å². The van der Waals surface area contributed by atoms with E-state index in [0.717, 1.165) is 5.56 Å². The fraction of sp³-hybridized carbons (Fsp3) is 0.381. The summed E-state index contributed by atoms with van der Waals surface area (Å²) in [7, 11) is 0. The van der Waals surface area contributed by atoms with Crippen molar-refractivity contribution >= 4 is 0 Å². The highest BCUT2D eigenvalue weighted by Gasteiger charge is 2.36. The zero-order valence-corrected chi connectivity index (χ0v) is 14.6. The van der Waals surface area contributed by atoms with Crippen LogP contribution in [0.4, 0.5) is 0 Å². The molecule has 0 radical (unpaired) electrons. The average Bonchev–Trinajstić information content (AvgIpc) is 2.58. The fourth-order valence-electron chi connectivity index (χ4n) is 3.25. The molecule has 120 valence electrons. The van der Waals surface area contributed by atoms with E-state index in [2.05, 4.69) is 67.7 Å². The molecular weight excluding hydrogens is 294 g/mol. The Kier molecular flexibility index (Phi) is 3.90. The van der Waals surface area contributed by atoms with Gasteiger partial charge in [-0.3, -0.25) is 0 Å². The van der Waals surface area contributed by atoms with Crippen molar-refractivity contribution in [1.29, 1.82) is 5.26 Å². The lowest BCUT2D eigenvalue weighted by Crippen LogP contribution is -2.33. The fourth-order valence-corrected chi connectivity index (χ4v) is 3.25. The third-order valence-corrected chi connectivity index (χ3v) is 4.95. The van der Waals surface area contributed by atoms with Gasteiger partial charge in [0.15, 0.2) is 5.69 Å². The first kappa shape index (κ1) is 16.2. The average molecular weight is 315 g/mol. The van der Waals surface area contributed by atoms with Crippen LogP contribution in [0.2, 0.25) is 0 Å². The van der Waals surface area contributed by atoms with E-state index in [9.17, 15) is 0 Å². The van der Waals surface area contributed by atoms with Crippen LogP contribution in [0.3, 0.4) is 0 Å². The molecule has 1 aliphatic carbocycles. The van der Waals surface area contributed by atoms with Crippen molar-refractivity contribution < 1.29 is 0 Å². The van der Waals surface area contributed by atoms with E-state index in [1.165, 1.54) is 36.4 Å². The van der Waals surface area contributed by atoms with Gasteiger partial charge >= 0.3 is 0 Å². The van der Waals surface area contributed by atoms with Gasteiger partial charge in [0.1, 0.15) is 11.8 Å². The van der Waals surface area contributed by atoms with Gasteiger partial charge in [-0.15, -0.1) is 0 Å². The molecule has 3 rings (SSSR count). The zero-order chi connectivity index (χ0) is 17.4. The Morgan fingerprint density at radius 1 is 0.875 bits per heavy atom. The van der Waals surface area contributed by atoms with Gasteiger partial charge in [-0.1, -0.05) is 39.7 Å². The lowest BCUT2D eigenvalue weighted by Gasteiger charge is -2.41. The number of fused-ring (bicyclic) bond motifs is 1. The summed E-state index contributed by atoms with van der Waals surface area (Å²) in [6.45, 7) is 9.26. The van der Waals surface area contributed by atoms with Crippen molar-refractivity contribution in [2.45, 2.75) is 51.4 Å². The van der Waals surface area contributed by atoms with Crippen molar-refractivity contribution in [3.05, 3.63) is 58.7 Å². The van der Waals surface area contributed by atoms with Crippen LogP contribution in [0.5, 0.6) is 0 Å². The van der Waals surface area contributed by atoms with Crippen LogP contribution >= 0.6 is 0 Å². The summed E-state index contributed by atoms with van der Waals surface area (Å²) in [5.74, 6) is 6.21. The predicted molar refractivity (Wildman–Crippen MR) is 94.5 cm³/mol. The monoisotopic (exact) mass is 315 g/mol. The summed E-state index contributed by atoms with van der Waals surface area (Å²) in [4.78, 5) is 8.14. The molecule has 1 aromatic carbocycles. The molecule has 0 unspecified atom stereocenters. The number of nitriles is 1. The van der Waals surface area contributed by atoms with Gasteiger partial charge in [0.05, 0.1) is 12.4 Å². The van der Waals surface area contributed by atoms with Gasteiger partial charge in [0.25, 0.3) is 0 Å². The van der Waals surface area contributed by atoms with Gasteiger partial charge in [-0.25, -0.2) is 9.97 Å². The maximum Gasteiger partial charge on any atom is 0.158 e. The minimum Gasteiger partial charge on any atom is -0.243 e. The number of nitrogens with zero attached hydrogens (tertiary/aromatic N) is 3. The molecule has 0 aliphatic heterocycles. The van der Waals surface area contributed by atoms with Crippen LogP contribution < -0.4 is 0 Å². The normalized spacial score (nSPS) is 17.1. The lowest BCUT2D eigenvalue weighted by molar-refractivity contribution is 0.332. The van der Waals surface area contributed by atoms with Gasteiger partial charge in [0, 0.05) is 5.56 Å². The highest BCUT2D eigenvalue weighted by atomic mass is 14.8. The van der Waals surface area contributed by atoms with Crippen molar-refractivity contribution in [1.82, 2.24) is 9.97 Å². The van der Waals surface area contributed by atoms with E-state index in [-0.39, 0.29) is 10.8 Å². The minimum absolute atomic E-state index is 0.177.